The van der Waals surface area contributed by atoms with Crippen molar-refractivity contribution < 1.29 is 4.74 Å². The third kappa shape index (κ3) is 2.69. The maximum Gasteiger partial charge on any atom is 0.101 e. The number of rotatable bonds is 6. The molecule has 1 aromatic rings. The summed E-state index contributed by atoms with van der Waals surface area (Å²) in [5.74, 6) is 0.419. The van der Waals surface area contributed by atoms with Crippen molar-refractivity contribution in [1.82, 2.24) is 15.0 Å². The quantitative estimate of drug-likeness (QED) is 0.680. The summed E-state index contributed by atoms with van der Waals surface area (Å²) in [6, 6.07) is 0. The zero-order valence-corrected chi connectivity index (χ0v) is 9.42. The lowest BCUT2D eigenvalue weighted by atomic mass is 10.2. The number of methoxy groups -OCH3 is 1. The molecule has 1 aromatic heterocycles. The Bertz CT molecular complexity index is 275. The monoisotopic (exact) mass is 217 g/mol. The van der Waals surface area contributed by atoms with Crippen LogP contribution in [0.4, 0.5) is 0 Å². The Balaban J connectivity index is 2.76. The van der Waals surface area contributed by atoms with Crippen LogP contribution in [0.1, 0.15) is 24.7 Å². The summed E-state index contributed by atoms with van der Waals surface area (Å²) in [6.45, 7) is 3.69. The van der Waals surface area contributed by atoms with Crippen LogP contribution in [0, 0.1) is 0 Å². The van der Waals surface area contributed by atoms with Gasteiger partial charge in [0.1, 0.15) is 5.69 Å². The molecule has 0 bridgehead atoms. The summed E-state index contributed by atoms with van der Waals surface area (Å²) in [7, 11) is 1.69. The molecule has 0 aliphatic heterocycles. The Morgan fingerprint density at radius 1 is 1.50 bits per heavy atom. The first kappa shape index (κ1) is 11.5. The van der Waals surface area contributed by atoms with Gasteiger partial charge in [-0.1, -0.05) is 12.1 Å². The maximum absolute atomic E-state index is 5.77. The normalized spacial score (nSPS) is 10.8. The lowest BCUT2D eigenvalue weighted by Gasteiger charge is -2.05. The van der Waals surface area contributed by atoms with Gasteiger partial charge in [0.25, 0.3) is 0 Å². The lowest BCUT2D eigenvalue weighted by Crippen LogP contribution is -2.08. The Kier molecular flexibility index (Phi) is 4.90. The average molecular weight is 218 g/mol. The number of aromatic nitrogens is 3. The van der Waals surface area contributed by atoms with Gasteiger partial charge in [-0.25, -0.2) is 4.68 Å². The van der Waals surface area contributed by atoms with Gasteiger partial charge in [0.15, 0.2) is 0 Å². The highest BCUT2D eigenvalue weighted by molar-refractivity contribution is 6.16. The summed E-state index contributed by atoms with van der Waals surface area (Å²) in [4.78, 5) is 0. The standard InChI is InChI=1S/C9H16ClN3O/c1-3-5-13-9(4-6-14-2)8(7-10)11-12-13/h3-7H2,1-2H3. The zero-order valence-electron chi connectivity index (χ0n) is 8.66. The van der Waals surface area contributed by atoms with Crippen molar-refractivity contribution >= 4 is 11.6 Å². The largest absolute Gasteiger partial charge is 0.384 e. The van der Waals surface area contributed by atoms with Gasteiger partial charge in [-0.3, -0.25) is 0 Å². The lowest BCUT2D eigenvalue weighted by molar-refractivity contribution is 0.200. The topological polar surface area (TPSA) is 39.9 Å². The molecule has 0 atom stereocenters. The van der Waals surface area contributed by atoms with Crippen LogP contribution in [0.25, 0.3) is 0 Å². The number of halogens is 1. The van der Waals surface area contributed by atoms with Crippen LogP contribution in [0.2, 0.25) is 0 Å². The predicted molar refractivity (Wildman–Crippen MR) is 55.5 cm³/mol. The molecule has 80 valence electrons. The molecule has 0 radical (unpaired) electrons. The molecule has 4 nitrogen and oxygen atoms in total. The Labute approximate surface area is 89.2 Å². The molecule has 14 heavy (non-hydrogen) atoms. The van der Waals surface area contributed by atoms with Gasteiger partial charge in [0, 0.05) is 20.1 Å². The van der Waals surface area contributed by atoms with Crippen LogP contribution in [0.5, 0.6) is 0 Å². The second-order valence-corrected chi connectivity index (χ2v) is 3.35. The van der Waals surface area contributed by atoms with E-state index in [1.54, 1.807) is 7.11 Å². The van der Waals surface area contributed by atoms with Gasteiger partial charge in [-0.15, -0.1) is 16.7 Å². The molecular formula is C9H16ClN3O. The first-order valence-electron chi connectivity index (χ1n) is 4.79. The molecule has 0 aliphatic carbocycles. The van der Waals surface area contributed by atoms with Crippen molar-refractivity contribution in [1.29, 1.82) is 0 Å². The Hall–Kier alpha value is -0.610. The van der Waals surface area contributed by atoms with E-state index >= 15 is 0 Å². The zero-order chi connectivity index (χ0) is 10.4. The number of alkyl halides is 1. The molecule has 0 saturated heterocycles. The summed E-state index contributed by atoms with van der Waals surface area (Å²) in [5, 5.41) is 8.09. The second-order valence-electron chi connectivity index (χ2n) is 3.08. The van der Waals surface area contributed by atoms with E-state index in [2.05, 4.69) is 17.2 Å². The molecule has 0 saturated carbocycles. The van der Waals surface area contributed by atoms with Crippen LogP contribution < -0.4 is 0 Å². The molecule has 1 heterocycles. The summed E-state index contributed by atoms with van der Waals surface area (Å²) < 4.78 is 6.95. The molecule has 0 unspecified atom stereocenters. The van der Waals surface area contributed by atoms with E-state index in [-0.39, 0.29) is 0 Å². The number of ether oxygens (including phenoxy) is 1. The Morgan fingerprint density at radius 2 is 2.29 bits per heavy atom. The molecule has 0 amide bonds. The van der Waals surface area contributed by atoms with E-state index in [1.165, 1.54) is 0 Å². The maximum atomic E-state index is 5.77. The van der Waals surface area contributed by atoms with Gasteiger partial charge >= 0.3 is 0 Å². The molecule has 0 aliphatic rings. The third-order valence-electron chi connectivity index (χ3n) is 2.02. The highest BCUT2D eigenvalue weighted by atomic mass is 35.5. The van der Waals surface area contributed by atoms with Crippen molar-refractivity contribution in [3.8, 4) is 0 Å². The average Bonchev–Trinajstić information content (AvgIpc) is 2.58. The highest BCUT2D eigenvalue weighted by Gasteiger charge is 2.10. The van der Waals surface area contributed by atoms with Crippen LogP contribution in [-0.2, 0) is 23.6 Å². The second kappa shape index (κ2) is 5.98. The molecule has 0 spiro atoms. The van der Waals surface area contributed by atoms with E-state index in [1.807, 2.05) is 4.68 Å². The SMILES string of the molecule is CCCn1nnc(CCl)c1CCOC. The molecule has 0 N–H and O–H groups in total. The summed E-state index contributed by atoms with van der Waals surface area (Å²) in [6.07, 6.45) is 1.87. The number of hydrogen-bond acceptors (Lipinski definition) is 3. The Morgan fingerprint density at radius 3 is 2.86 bits per heavy atom. The van der Waals surface area contributed by atoms with Crippen LogP contribution in [0.15, 0.2) is 0 Å². The number of aryl methyl sites for hydroxylation is 1. The van der Waals surface area contributed by atoms with E-state index < -0.39 is 0 Å². The fraction of sp³-hybridized carbons (Fsp3) is 0.778. The fourth-order valence-electron chi connectivity index (χ4n) is 1.34. The van der Waals surface area contributed by atoms with Crippen LogP contribution in [-0.4, -0.2) is 28.7 Å². The van der Waals surface area contributed by atoms with E-state index in [9.17, 15) is 0 Å². The third-order valence-corrected chi connectivity index (χ3v) is 2.28. The van der Waals surface area contributed by atoms with Crippen molar-refractivity contribution in [2.75, 3.05) is 13.7 Å². The number of nitrogens with zero attached hydrogens (tertiary/aromatic N) is 3. The molecule has 1 rings (SSSR count). The van der Waals surface area contributed by atoms with Crippen molar-refractivity contribution in [3.63, 3.8) is 0 Å². The number of hydrogen-bond donors (Lipinski definition) is 0. The smallest absolute Gasteiger partial charge is 0.101 e. The van der Waals surface area contributed by atoms with Gasteiger partial charge in [-0.2, -0.15) is 0 Å². The van der Waals surface area contributed by atoms with E-state index in [0.717, 1.165) is 30.8 Å². The van der Waals surface area contributed by atoms with Gasteiger partial charge in [0.2, 0.25) is 0 Å². The van der Waals surface area contributed by atoms with E-state index in [0.29, 0.717) is 12.5 Å². The van der Waals surface area contributed by atoms with E-state index in [4.69, 9.17) is 16.3 Å². The minimum atomic E-state index is 0.419. The van der Waals surface area contributed by atoms with Crippen LogP contribution >= 0.6 is 11.6 Å². The first-order chi connectivity index (χ1) is 6.83. The molecule has 5 heteroatoms. The summed E-state index contributed by atoms with van der Waals surface area (Å²) in [5.41, 5.74) is 1.97. The van der Waals surface area contributed by atoms with Crippen LogP contribution in [0.3, 0.4) is 0 Å². The van der Waals surface area contributed by atoms with Crippen molar-refractivity contribution in [2.24, 2.45) is 0 Å². The molecular weight excluding hydrogens is 202 g/mol. The summed E-state index contributed by atoms with van der Waals surface area (Å²) >= 11 is 5.77. The first-order valence-corrected chi connectivity index (χ1v) is 5.33. The van der Waals surface area contributed by atoms with Gasteiger partial charge in [-0.05, 0) is 6.42 Å². The minimum absolute atomic E-state index is 0.419. The fourth-order valence-corrected chi connectivity index (χ4v) is 1.54. The molecule has 0 aromatic carbocycles. The van der Waals surface area contributed by atoms with Crippen molar-refractivity contribution in [3.05, 3.63) is 11.4 Å². The predicted octanol–water partition coefficient (Wildman–Crippen LogP) is 1.62. The molecule has 0 fully saturated rings. The highest BCUT2D eigenvalue weighted by Crippen LogP contribution is 2.09. The minimum Gasteiger partial charge on any atom is -0.384 e. The van der Waals surface area contributed by atoms with Crippen molar-refractivity contribution in [2.45, 2.75) is 32.2 Å². The van der Waals surface area contributed by atoms with Gasteiger partial charge < -0.3 is 4.74 Å². The van der Waals surface area contributed by atoms with Gasteiger partial charge in [0.05, 0.1) is 18.2 Å².